The van der Waals surface area contributed by atoms with Gasteiger partial charge in [0, 0.05) is 22.2 Å². The van der Waals surface area contributed by atoms with E-state index < -0.39 is 17.5 Å². The minimum absolute atomic E-state index is 0.292. The lowest BCUT2D eigenvalue weighted by Gasteiger charge is -2.25. The third-order valence-electron chi connectivity index (χ3n) is 7.50. The number of carbonyl (C=O) groups is 1. The Hall–Kier alpha value is -4.23. The predicted molar refractivity (Wildman–Crippen MR) is 138 cm³/mol. The normalized spacial score (nSPS) is 24.6. The number of fused-ring (bicyclic) bond motifs is 3. The van der Waals surface area contributed by atoms with Crippen molar-refractivity contribution in [1.82, 2.24) is 5.32 Å². The lowest BCUT2D eigenvalue weighted by atomic mass is 9.78. The van der Waals surface area contributed by atoms with Crippen LogP contribution in [0.2, 0.25) is 0 Å². The Morgan fingerprint density at radius 2 is 1.67 bits per heavy atom. The minimum Gasteiger partial charge on any atom is -0.489 e. The van der Waals surface area contributed by atoms with Gasteiger partial charge in [-0.1, -0.05) is 72.8 Å². The summed E-state index contributed by atoms with van der Waals surface area (Å²) in [5.41, 5.74) is 1.72. The molecule has 2 heterocycles. The van der Waals surface area contributed by atoms with E-state index in [0.29, 0.717) is 23.6 Å². The number of amides is 1. The summed E-state index contributed by atoms with van der Waals surface area (Å²) >= 11 is 0. The molecule has 2 N–H and O–H groups in total. The molecule has 1 saturated heterocycles. The predicted octanol–water partition coefficient (Wildman–Crippen LogP) is 4.99. The van der Waals surface area contributed by atoms with E-state index in [1.54, 1.807) is 18.2 Å². The summed E-state index contributed by atoms with van der Waals surface area (Å²) in [5, 5.41) is 20.9. The van der Waals surface area contributed by atoms with Gasteiger partial charge in [-0.05, 0) is 47.0 Å². The van der Waals surface area contributed by atoms with Crippen molar-refractivity contribution in [2.24, 2.45) is 0 Å². The lowest BCUT2D eigenvalue weighted by Crippen LogP contribution is -2.54. The van der Waals surface area contributed by atoms with Crippen LogP contribution in [0, 0.1) is 10.1 Å². The zero-order chi connectivity index (χ0) is 24.9. The van der Waals surface area contributed by atoms with Gasteiger partial charge in [0.1, 0.15) is 12.4 Å². The Bertz CT molecular complexity index is 1480. The highest BCUT2D eigenvalue weighted by molar-refractivity contribution is 6.07. The number of hydrogen-bond donors (Lipinski definition) is 2. The summed E-state index contributed by atoms with van der Waals surface area (Å²) in [4.78, 5) is 25.3. The average Bonchev–Trinajstić information content (AvgIpc) is 3.36. The van der Waals surface area contributed by atoms with Crippen molar-refractivity contribution < 1.29 is 14.5 Å². The van der Waals surface area contributed by atoms with Gasteiger partial charge < -0.3 is 10.1 Å². The molecular weight excluding hydrogens is 454 g/mol. The summed E-state index contributed by atoms with van der Waals surface area (Å²) in [7, 11) is 0. The number of nitrogens with one attached hydrogen (secondary N) is 2. The van der Waals surface area contributed by atoms with E-state index in [-0.39, 0.29) is 16.9 Å². The molecule has 0 bridgehead atoms. The van der Waals surface area contributed by atoms with Crippen LogP contribution < -0.4 is 15.4 Å². The SMILES string of the molecule is C[C@@H]1N[C@]2(C(=O)Nc3ccccc32)[C@H]([N+](=O)[O-])[C@@H]1c1ccc(OCc2cccc3ccccc23)cc1. The highest BCUT2D eigenvalue weighted by Crippen LogP contribution is 2.49. The first kappa shape index (κ1) is 22.2. The molecule has 1 spiro atoms. The lowest BCUT2D eigenvalue weighted by molar-refractivity contribution is -0.532. The maximum atomic E-state index is 13.2. The van der Waals surface area contributed by atoms with Crippen molar-refractivity contribution in [2.45, 2.75) is 37.1 Å². The minimum atomic E-state index is -1.41. The molecule has 36 heavy (non-hydrogen) atoms. The smallest absolute Gasteiger partial charge is 0.256 e. The van der Waals surface area contributed by atoms with E-state index in [4.69, 9.17) is 4.74 Å². The molecule has 1 amide bonds. The number of carbonyl (C=O) groups excluding carboxylic acids is 1. The number of nitro groups is 1. The van der Waals surface area contributed by atoms with E-state index >= 15 is 0 Å². The molecule has 0 radical (unpaired) electrons. The van der Waals surface area contributed by atoms with Gasteiger partial charge in [-0.25, -0.2) is 0 Å². The maximum Gasteiger partial charge on any atom is 0.256 e. The van der Waals surface area contributed by atoms with Gasteiger partial charge >= 0.3 is 0 Å². The molecule has 0 unspecified atom stereocenters. The Labute approximate surface area is 208 Å². The second-order valence-electron chi connectivity index (χ2n) is 9.49. The van der Waals surface area contributed by atoms with Gasteiger partial charge in [-0.3, -0.25) is 20.2 Å². The number of benzene rings is 4. The summed E-state index contributed by atoms with van der Waals surface area (Å²) < 4.78 is 6.06. The molecular formula is C29H25N3O4. The summed E-state index contributed by atoms with van der Waals surface area (Å²) in [6, 6.07) is 27.5. The van der Waals surface area contributed by atoms with Crippen LogP contribution in [0.15, 0.2) is 91.0 Å². The number of hydrogen-bond acceptors (Lipinski definition) is 5. The van der Waals surface area contributed by atoms with Gasteiger partial charge in [0.25, 0.3) is 11.9 Å². The second-order valence-corrected chi connectivity index (χ2v) is 9.49. The van der Waals surface area contributed by atoms with Gasteiger partial charge in [0.15, 0.2) is 5.54 Å². The molecule has 4 aromatic carbocycles. The summed E-state index contributed by atoms with van der Waals surface area (Å²) in [5.74, 6) is -0.194. The Morgan fingerprint density at radius 3 is 2.47 bits per heavy atom. The molecule has 6 rings (SSSR count). The quantitative estimate of drug-likeness (QED) is 0.311. The first-order valence-electron chi connectivity index (χ1n) is 12.0. The molecule has 4 aromatic rings. The Morgan fingerprint density at radius 1 is 0.944 bits per heavy atom. The fraction of sp³-hybridized carbons (Fsp3) is 0.207. The monoisotopic (exact) mass is 479 g/mol. The summed E-state index contributed by atoms with van der Waals surface area (Å²) in [6.07, 6.45) is 0. The zero-order valence-electron chi connectivity index (χ0n) is 19.7. The topological polar surface area (TPSA) is 93.5 Å². The van der Waals surface area contributed by atoms with Gasteiger partial charge in [0.05, 0.1) is 5.92 Å². The van der Waals surface area contributed by atoms with Crippen molar-refractivity contribution in [1.29, 1.82) is 0 Å². The molecule has 1 fully saturated rings. The first-order valence-corrected chi connectivity index (χ1v) is 12.0. The van der Waals surface area contributed by atoms with Crippen LogP contribution in [0.25, 0.3) is 10.8 Å². The van der Waals surface area contributed by atoms with E-state index in [0.717, 1.165) is 21.9 Å². The van der Waals surface area contributed by atoms with Crippen LogP contribution in [0.4, 0.5) is 5.69 Å². The van der Waals surface area contributed by atoms with E-state index in [2.05, 4.69) is 28.8 Å². The largest absolute Gasteiger partial charge is 0.489 e. The number of anilines is 1. The molecule has 0 saturated carbocycles. The van der Waals surface area contributed by atoms with Gasteiger partial charge in [-0.2, -0.15) is 0 Å². The fourth-order valence-corrected chi connectivity index (χ4v) is 5.92. The molecule has 7 heteroatoms. The van der Waals surface area contributed by atoms with E-state index in [1.165, 1.54) is 0 Å². The molecule has 2 aliphatic rings. The van der Waals surface area contributed by atoms with E-state index in [9.17, 15) is 14.9 Å². The third-order valence-corrected chi connectivity index (χ3v) is 7.50. The van der Waals surface area contributed by atoms with Crippen molar-refractivity contribution >= 4 is 22.4 Å². The van der Waals surface area contributed by atoms with Gasteiger partial charge in [0.2, 0.25) is 0 Å². The molecule has 0 aromatic heterocycles. The van der Waals surface area contributed by atoms with Crippen LogP contribution in [-0.2, 0) is 16.9 Å². The fourth-order valence-electron chi connectivity index (χ4n) is 5.92. The van der Waals surface area contributed by atoms with Crippen LogP contribution in [0.1, 0.15) is 29.5 Å². The van der Waals surface area contributed by atoms with Gasteiger partial charge in [-0.15, -0.1) is 0 Å². The van der Waals surface area contributed by atoms with Crippen LogP contribution in [0.5, 0.6) is 5.75 Å². The second kappa shape index (κ2) is 8.46. The highest BCUT2D eigenvalue weighted by Gasteiger charge is 2.67. The molecule has 180 valence electrons. The van der Waals surface area contributed by atoms with E-state index in [1.807, 2.05) is 61.5 Å². The number of nitrogens with zero attached hydrogens (tertiary/aromatic N) is 1. The first-order chi connectivity index (χ1) is 17.5. The number of para-hydroxylation sites is 1. The van der Waals surface area contributed by atoms with Crippen molar-refractivity contribution in [3.63, 3.8) is 0 Å². The van der Waals surface area contributed by atoms with Crippen molar-refractivity contribution in [3.8, 4) is 5.75 Å². The molecule has 4 atom stereocenters. The van der Waals surface area contributed by atoms with Crippen molar-refractivity contribution in [3.05, 3.63) is 118 Å². The Kier molecular flexibility index (Phi) is 5.23. The third kappa shape index (κ3) is 3.35. The molecule has 0 aliphatic carbocycles. The molecule has 7 nitrogen and oxygen atoms in total. The highest BCUT2D eigenvalue weighted by atomic mass is 16.6. The molecule has 2 aliphatic heterocycles. The van der Waals surface area contributed by atoms with Crippen LogP contribution in [0.3, 0.4) is 0 Å². The zero-order valence-corrected chi connectivity index (χ0v) is 19.7. The summed E-state index contributed by atoms with van der Waals surface area (Å²) in [6.45, 7) is 2.31. The van der Waals surface area contributed by atoms with Crippen LogP contribution >= 0.6 is 0 Å². The number of ether oxygens (including phenoxy) is 1. The van der Waals surface area contributed by atoms with Crippen LogP contribution in [-0.4, -0.2) is 22.9 Å². The average molecular weight is 480 g/mol. The van der Waals surface area contributed by atoms with Crippen molar-refractivity contribution in [2.75, 3.05) is 5.32 Å². The standard InChI is InChI=1S/C29H25N3O4/c1-18-26(27(32(34)35)29(31-18)24-11-4-5-12-25(24)30-28(29)33)20-13-15-22(16-14-20)36-17-21-9-6-8-19-7-2-3-10-23(19)21/h2-16,18,26-27,31H,17H2,1H3,(H,30,33)/t18-,26-,27+,29-/m0/s1. The Balaban J connectivity index is 1.28. The maximum absolute atomic E-state index is 13.2. The number of rotatable bonds is 5.